The van der Waals surface area contributed by atoms with Crippen LogP contribution in [0.1, 0.15) is 24.3 Å². The van der Waals surface area contributed by atoms with Crippen molar-refractivity contribution in [2.45, 2.75) is 19.9 Å². The summed E-state index contributed by atoms with van der Waals surface area (Å²) in [5, 5.41) is 5.91. The SMILES string of the molecule is CC(C)Nc1cc(C(=O)Nc2ccc3c(c2)OCO3)ncn1. The maximum atomic E-state index is 12.3. The van der Waals surface area contributed by atoms with Crippen molar-refractivity contribution >= 4 is 17.4 Å². The fourth-order valence-corrected chi connectivity index (χ4v) is 2.03. The molecule has 0 fully saturated rings. The standard InChI is InChI=1S/C15H16N4O3/c1-9(2)18-14-6-11(16-7-17-14)15(20)19-10-3-4-12-13(5-10)22-8-21-12/h3-7,9H,8H2,1-2H3,(H,19,20)(H,16,17,18). The largest absolute Gasteiger partial charge is 0.454 e. The predicted molar refractivity (Wildman–Crippen MR) is 81.3 cm³/mol. The Kier molecular flexibility index (Phi) is 3.78. The summed E-state index contributed by atoms with van der Waals surface area (Å²) in [6.45, 7) is 4.19. The number of hydrogen-bond donors (Lipinski definition) is 2. The molecule has 0 aliphatic carbocycles. The van der Waals surface area contributed by atoms with Crippen LogP contribution >= 0.6 is 0 Å². The summed E-state index contributed by atoms with van der Waals surface area (Å²) in [4.78, 5) is 20.3. The molecule has 0 atom stereocenters. The summed E-state index contributed by atoms with van der Waals surface area (Å²) in [5.74, 6) is 1.58. The molecule has 0 saturated heterocycles. The summed E-state index contributed by atoms with van der Waals surface area (Å²) < 4.78 is 10.5. The van der Waals surface area contributed by atoms with E-state index in [0.717, 1.165) is 0 Å². The first kappa shape index (κ1) is 14.1. The van der Waals surface area contributed by atoms with Crippen LogP contribution in [0.25, 0.3) is 0 Å². The van der Waals surface area contributed by atoms with Crippen LogP contribution in [0.4, 0.5) is 11.5 Å². The highest BCUT2D eigenvalue weighted by Gasteiger charge is 2.15. The van der Waals surface area contributed by atoms with Gasteiger partial charge in [-0.15, -0.1) is 0 Å². The van der Waals surface area contributed by atoms with Crippen LogP contribution in [0.3, 0.4) is 0 Å². The van der Waals surface area contributed by atoms with Crippen molar-refractivity contribution in [3.63, 3.8) is 0 Å². The normalized spacial score (nSPS) is 12.3. The zero-order chi connectivity index (χ0) is 15.5. The second-order valence-electron chi connectivity index (χ2n) is 5.11. The van der Waals surface area contributed by atoms with E-state index in [2.05, 4.69) is 20.6 Å². The zero-order valence-corrected chi connectivity index (χ0v) is 12.3. The number of benzene rings is 1. The molecule has 2 heterocycles. The molecule has 1 aromatic carbocycles. The quantitative estimate of drug-likeness (QED) is 0.901. The molecule has 1 aromatic heterocycles. The molecule has 0 unspecified atom stereocenters. The average molecular weight is 300 g/mol. The van der Waals surface area contributed by atoms with Gasteiger partial charge in [0.25, 0.3) is 5.91 Å². The van der Waals surface area contributed by atoms with E-state index in [1.807, 2.05) is 13.8 Å². The van der Waals surface area contributed by atoms with Crippen molar-refractivity contribution < 1.29 is 14.3 Å². The summed E-state index contributed by atoms with van der Waals surface area (Å²) >= 11 is 0. The Morgan fingerprint density at radius 2 is 2.00 bits per heavy atom. The van der Waals surface area contributed by atoms with Crippen LogP contribution in [0, 0.1) is 0 Å². The Morgan fingerprint density at radius 3 is 2.82 bits per heavy atom. The lowest BCUT2D eigenvalue weighted by atomic mass is 10.2. The molecule has 114 valence electrons. The number of nitrogens with one attached hydrogen (secondary N) is 2. The minimum Gasteiger partial charge on any atom is -0.454 e. The van der Waals surface area contributed by atoms with E-state index in [1.165, 1.54) is 6.33 Å². The van der Waals surface area contributed by atoms with Crippen LogP contribution in [0.15, 0.2) is 30.6 Å². The van der Waals surface area contributed by atoms with Gasteiger partial charge in [0, 0.05) is 23.9 Å². The Bertz CT molecular complexity index is 703. The summed E-state index contributed by atoms with van der Waals surface area (Å²) in [6.07, 6.45) is 1.36. The number of aromatic nitrogens is 2. The lowest BCUT2D eigenvalue weighted by Gasteiger charge is -2.10. The third-order valence-electron chi connectivity index (χ3n) is 2.97. The van der Waals surface area contributed by atoms with Gasteiger partial charge in [0.05, 0.1) is 0 Å². The van der Waals surface area contributed by atoms with Gasteiger partial charge >= 0.3 is 0 Å². The maximum Gasteiger partial charge on any atom is 0.274 e. The number of nitrogens with zero attached hydrogens (tertiary/aromatic N) is 2. The maximum absolute atomic E-state index is 12.3. The third-order valence-corrected chi connectivity index (χ3v) is 2.97. The zero-order valence-electron chi connectivity index (χ0n) is 12.3. The topological polar surface area (TPSA) is 85.4 Å². The molecule has 2 aromatic rings. The highest BCUT2D eigenvalue weighted by molar-refractivity contribution is 6.03. The van der Waals surface area contributed by atoms with E-state index >= 15 is 0 Å². The van der Waals surface area contributed by atoms with Crippen molar-refractivity contribution in [1.82, 2.24) is 9.97 Å². The Balaban J connectivity index is 1.74. The van der Waals surface area contributed by atoms with Gasteiger partial charge in [0.15, 0.2) is 11.5 Å². The average Bonchev–Trinajstić information content (AvgIpc) is 2.94. The number of amides is 1. The van der Waals surface area contributed by atoms with Crippen molar-refractivity contribution in [3.05, 3.63) is 36.3 Å². The molecule has 0 radical (unpaired) electrons. The first-order valence-corrected chi connectivity index (χ1v) is 6.91. The molecule has 22 heavy (non-hydrogen) atoms. The fourth-order valence-electron chi connectivity index (χ4n) is 2.03. The van der Waals surface area contributed by atoms with E-state index in [0.29, 0.717) is 23.0 Å². The minimum absolute atomic E-state index is 0.197. The Labute approximate surface area is 127 Å². The predicted octanol–water partition coefficient (Wildman–Crippen LogP) is 2.28. The second-order valence-corrected chi connectivity index (χ2v) is 5.11. The minimum atomic E-state index is -0.312. The van der Waals surface area contributed by atoms with E-state index in [1.54, 1.807) is 24.3 Å². The van der Waals surface area contributed by atoms with E-state index in [-0.39, 0.29) is 24.4 Å². The van der Waals surface area contributed by atoms with Crippen molar-refractivity contribution in [3.8, 4) is 11.5 Å². The number of hydrogen-bond acceptors (Lipinski definition) is 6. The van der Waals surface area contributed by atoms with Gasteiger partial charge in [-0.3, -0.25) is 4.79 Å². The van der Waals surface area contributed by atoms with E-state index < -0.39 is 0 Å². The van der Waals surface area contributed by atoms with Gasteiger partial charge in [0.2, 0.25) is 6.79 Å². The lowest BCUT2D eigenvalue weighted by molar-refractivity contribution is 0.102. The molecule has 1 aliphatic heterocycles. The van der Waals surface area contributed by atoms with Gasteiger partial charge < -0.3 is 20.1 Å². The van der Waals surface area contributed by atoms with E-state index in [4.69, 9.17) is 9.47 Å². The molecule has 0 spiro atoms. The van der Waals surface area contributed by atoms with Crippen LogP contribution in [0.2, 0.25) is 0 Å². The number of ether oxygens (including phenoxy) is 2. The number of rotatable bonds is 4. The molecule has 7 heteroatoms. The molecule has 3 rings (SSSR count). The number of carbonyl (C=O) groups excluding carboxylic acids is 1. The summed E-state index contributed by atoms with van der Waals surface area (Å²) in [6, 6.07) is 7.06. The fraction of sp³-hybridized carbons (Fsp3) is 0.267. The lowest BCUT2D eigenvalue weighted by Crippen LogP contribution is -2.16. The van der Waals surface area contributed by atoms with Gasteiger partial charge in [0.1, 0.15) is 17.8 Å². The summed E-state index contributed by atoms with van der Waals surface area (Å²) in [5.41, 5.74) is 0.905. The highest BCUT2D eigenvalue weighted by atomic mass is 16.7. The van der Waals surface area contributed by atoms with Crippen molar-refractivity contribution in [1.29, 1.82) is 0 Å². The number of carbonyl (C=O) groups is 1. The van der Waals surface area contributed by atoms with Gasteiger partial charge in [-0.05, 0) is 26.0 Å². The molecule has 1 amide bonds. The molecule has 0 saturated carbocycles. The molecule has 0 bridgehead atoms. The third kappa shape index (κ3) is 3.08. The van der Waals surface area contributed by atoms with Gasteiger partial charge in [-0.2, -0.15) is 0 Å². The highest BCUT2D eigenvalue weighted by Crippen LogP contribution is 2.34. The molecule has 1 aliphatic rings. The monoisotopic (exact) mass is 300 g/mol. The first-order valence-electron chi connectivity index (χ1n) is 6.91. The van der Waals surface area contributed by atoms with E-state index in [9.17, 15) is 4.79 Å². The van der Waals surface area contributed by atoms with Gasteiger partial charge in [-0.1, -0.05) is 0 Å². The van der Waals surface area contributed by atoms with Crippen LogP contribution < -0.4 is 20.1 Å². The van der Waals surface area contributed by atoms with Crippen LogP contribution in [-0.2, 0) is 0 Å². The number of fused-ring (bicyclic) bond motifs is 1. The van der Waals surface area contributed by atoms with Gasteiger partial charge in [-0.25, -0.2) is 9.97 Å². The second kappa shape index (κ2) is 5.88. The van der Waals surface area contributed by atoms with Crippen molar-refractivity contribution in [2.24, 2.45) is 0 Å². The smallest absolute Gasteiger partial charge is 0.274 e. The van der Waals surface area contributed by atoms with Crippen molar-refractivity contribution in [2.75, 3.05) is 17.4 Å². The van der Waals surface area contributed by atoms with Crippen LogP contribution in [-0.4, -0.2) is 28.7 Å². The Morgan fingerprint density at radius 1 is 1.18 bits per heavy atom. The Hall–Kier alpha value is -2.83. The molecular formula is C15H16N4O3. The molecule has 7 nitrogen and oxygen atoms in total. The van der Waals surface area contributed by atoms with Crippen LogP contribution in [0.5, 0.6) is 11.5 Å². The number of anilines is 2. The summed E-state index contributed by atoms with van der Waals surface area (Å²) in [7, 11) is 0. The first-order chi connectivity index (χ1) is 10.6. The molecule has 2 N–H and O–H groups in total. The molecular weight excluding hydrogens is 284 g/mol.